The predicted octanol–water partition coefficient (Wildman–Crippen LogP) is 1.51. The van der Waals surface area contributed by atoms with Crippen LogP contribution in [0.2, 0.25) is 0 Å². The van der Waals surface area contributed by atoms with Gasteiger partial charge in [0, 0.05) is 0 Å². The Balaban J connectivity index is 2.30. The molecule has 84 valence electrons. The summed E-state index contributed by atoms with van der Waals surface area (Å²) in [6.45, 7) is 1.32. The summed E-state index contributed by atoms with van der Waals surface area (Å²) in [5.41, 5.74) is 0.697. The standard InChI is InChI=1S/C12H20NO2/c1-13(2,3)9-10-15-12(14)11-7-5-4-6-8-11/h5,7-8H,4,6,9-10H2,1-3H3/q+1. The molecule has 0 radical (unpaired) electrons. The minimum Gasteiger partial charge on any atom is -0.456 e. The van der Waals surface area contributed by atoms with Gasteiger partial charge in [-0.3, -0.25) is 0 Å². The maximum Gasteiger partial charge on any atom is 0.337 e. The van der Waals surface area contributed by atoms with Crippen molar-refractivity contribution in [3.05, 3.63) is 23.8 Å². The van der Waals surface area contributed by atoms with Crippen LogP contribution in [0.4, 0.5) is 0 Å². The zero-order valence-corrected chi connectivity index (χ0v) is 9.82. The number of carbonyl (C=O) groups is 1. The molecule has 0 unspecified atom stereocenters. The van der Waals surface area contributed by atoms with Gasteiger partial charge in [0.15, 0.2) is 0 Å². The van der Waals surface area contributed by atoms with E-state index in [0.29, 0.717) is 12.2 Å². The molecule has 0 N–H and O–H groups in total. The summed E-state index contributed by atoms with van der Waals surface area (Å²) in [6.07, 6.45) is 7.76. The molecule has 0 heterocycles. The second kappa shape index (κ2) is 5.12. The number of ether oxygens (including phenoxy) is 1. The number of allylic oxidation sites excluding steroid dienone is 2. The van der Waals surface area contributed by atoms with Crippen molar-refractivity contribution in [2.24, 2.45) is 0 Å². The van der Waals surface area contributed by atoms with Crippen molar-refractivity contribution in [2.75, 3.05) is 34.3 Å². The minimum absolute atomic E-state index is 0.195. The number of esters is 1. The molecule has 0 bridgehead atoms. The van der Waals surface area contributed by atoms with E-state index in [1.54, 1.807) is 0 Å². The fraction of sp³-hybridized carbons (Fsp3) is 0.583. The van der Waals surface area contributed by atoms with Gasteiger partial charge in [-0.15, -0.1) is 0 Å². The first-order chi connectivity index (χ1) is 6.99. The van der Waals surface area contributed by atoms with E-state index in [0.717, 1.165) is 23.9 Å². The van der Waals surface area contributed by atoms with Gasteiger partial charge in [0.25, 0.3) is 0 Å². The molecule has 1 rings (SSSR count). The SMILES string of the molecule is C[N+](C)(C)CCOC(=O)C1=CCCC=C1. The first-order valence-electron chi connectivity index (χ1n) is 5.33. The molecule has 0 aromatic carbocycles. The monoisotopic (exact) mass is 210 g/mol. The first-order valence-corrected chi connectivity index (χ1v) is 5.33. The second-order valence-corrected chi connectivity index (χ2v) is 4.79. The molecule has 0 atom stereocenters. The highest BCUT2D eigenvalue weighted by Crippen LogP contribution is 2.10. The number of carbonyl (C=O) groups excluding carboxylic acids is 1. The van der Waals surface area contributed by atoms with Gasteiger partial charge < -0.3 is 9.22 Å². The summed E-state index contributed by atoms with van der Waals surface area (Å²) in [4.78, 5) is 11.5. The molecule has 0 aromatic heterocycles. The van der Waals surface area contributed by atoms with Crippen molar-refractivity contribution in [3.63, 3.8) is 0 Å². The van der Waals surface area contributed by atoms with Gasteiger partial charge in [-0.05, 0) is 12.8 Å². The van der Waals surface area contributed by atoms with Crippen LogP contribution in [0.15, 0.2) is 23.8 Å². The number of rotatable bonds is 4. The summed E-state index contributed by atoms with van der Waals surface area (Å²) < 4.78 is 5.99. The van der Waals surface area contributed by atoms with E-state index in [2.05, 4.69) is 21.1 Å². The molecule has 1 aliphatic carbocycles. The third-order valence-corrected chi connectivity index (χ3v) is 2.23. The number of hydrogen-bond acceptors (Lipinski definition) is 2. The Morgan fingerprint density at radius 2 is 2.13 bits per heavy atom. The molecule has 1 aliphatic rings. The Morgan fingerprint density at radius 3 is 2.67 bits per heavy atom. The van der Waals surface area contributed by atoms with Crippen LogP contribution < -0.4 is 0 Å². The van der Waals surface area contributed by atoms with Crippen LogP contribution in [-0.2, 0) is 9.53 Å². The van der Waals surface area contributed by atoms with Crippen LogP contribution in [0.25, 0.3) is 0 Å². The van der Waals surface area contributed by atoms with E-state index in [-0.39, 0.29) is 5.97 Å². The smallest absolute Gasteiger partial charge is 0.337 e. The summed E-state index contributed by atoms with van der Waals surface area (Å²) in [5, 5.41) is 0. The molecule has 0 fully saturated rings. The van der Waals surface area contributed by atoms with Gasteiger partial charge in [-0.2, -0.15) is 0 Å². The van der Waals surface area contributed by atoms with Gasteiger partial charge in [0.2, 0.25) is 0 Å². The van der Waals surface area contributed by atoms with Crippen molar-refractivity contribution in [2.45, 2.75) is 12.8 Å². The van der Waals surface area contributed by atoms with Gasteiger partial charge in [0.1, 0.15) is 13.2 Å². The van der Waals surface area contributed by atoms with E-state index in [4.69, 9.17) is 4.74 Å². The predicted molar refractivity (Wildman–Crippen MR) is 60.3 cm³/mol. The lowest BCUT2D eigenvalue weighted by atomic mass is 10.1. The zero-order valence-electron chi connectivity index (χ0n) is 9.82. The Bertz CT molecular complexity index is 284. The summed E-state index contributed by atoms with van der Waals surface area (Å²) in [7, 11) is 6.23. The number of likely N-dealkylation sites (N-methyl/N-ethyl adjacent to an activating group) is 1. The molecule has 0 saturated heterocycles. The summed E-state index contributed by atoms with van der Waals surface area (Å²) in [6, 6.07) is 0. The molecular formula is C12H20NO2+. The molecule has 0 amide bonds. The lowest BCUT2D eigenvalue weighted by Crippen LogP contribution is -2.38. The van der Waals surface area contributed by atoms with Gasteiger partial charge in [-0.25, -0.2) is 4.79 Å². The summed E-state index contributed by atoms with van der Waals surface area (Å²) >= 11 is 0. The molecule has 15 heavy (non-hydrogen) atoms. The molecule has 0 aromatic rings. The average Bonchev–Trinajstić information content (AvgIpc) is 2.17. The minimum atomic E-state index is -0.195. The van der Waals surface area contributed by atoms with Gasteiger partial charge in [-0.1, -0.05) is 18.2 Å². The normalized spacial score (nSPS) is 16.1. The van der Waals surface area contributed by atoms with Gasteiger partial charge in [0.05, 0.1) is 26.7 Å². The number of hydrogen-bond donors (Lipinski definition) is 0. The summed E-state index contributed by atoms with van der Waals surface area (Å²) in [5.74, 6) is -0.195. The van der Waals surface area contributed by atoms with E-state index in [1.807, 2.05) is 18.2 Å². The largest absolute Gasteiger partial charge is 0.456 e. The molecule has 3 nitrogen and oxygen atoms in total. The van der Waals surface area contributed by atoms with Crippen LogP contribution in [-0.4, -0.2) is 44.7 Å². The highest BCUT2D eigenvalue weighted by Gasteiger charge is 2.12. The fourth-order valence-corrected chi connectivity index (χ4v) is 1.26. The second-order valence-electron chi connectivity index (χ2n) is 4.79. The highest BCUT2D eigenvalue weighted by atomic mass is 16.5. The molecular weight excluding hydrogens is 190 g/mol. The van der Waals surface area contributed by atoms with Crippen LogP contribution in [0, 0.1) is 0 Å². The maximum atomic E-state index is 11.5. The van der Waals surface area contributed by atoms with Crippen LogP contribution >= 0.6 is 0 Å². The van der Waals surface area contributed by atoms with Crippen LogP contribution in [0.1, 0.15) is 12.8 Å². The Labute approximate surface area is 91.6 Å². The first kappa shape index (κ1) is 12.0. The van der Waals surface area contributed by atoms with E-state index in [1.165, 1.54) is 0 Å². The quantitative estimate of drug-likeness (QED) is 0.519. The van der Waals surface area contributed by atoms with Crippen molar-refractivity contribution in [3.8, 4) is 0 Å². The average molecular weight is 210 g/mol. The molecule has 3 heteroatoms. The molecule has 0 saturated carbocycles. The third-order valence-electron chi connectivity index (χ3n) is 2.23. The maximum absolute atomic E-state index is 11.5. The number of quaternary nitrogens is 1. The van der Waals surface area contributed by atoms with Crippen molar-refractivity contribution >= 4 is 5.97 Å². The Morgan fingerprint density at radius 1 is 1.40 bits per heavy atom. The van der Waals surface area contributed by atoms with Crippen molar-refractivity contribution in [1.82, 2.24) is 0 Å². The lowest BCUT2D eigenvalue weighted by molar-refractivity contribution is -0.870. The Hall–Kier alpha value is -1.09. The van der Waals surface area contributed by atoms with E-state index < -0.39 is 0 Å². The molecule has 0 aliphatic heterocycles. The van der Waals surface area contributed by atoms with E-state index in [9.17, 15) is 4.79 Å². The fourth-order valence-electron chi connectivity index (χ4n) is 1.26. The van der Waals surface area contributed by atoms with Crippen molar-refractivity contribution < 1.29 is 14.0 Å². The van der Waals surface area contributed by atoms with Crippen LogP contribution in [0.3, 0.4) is 0 Å². The van der Waals surface area contributed by atoms with Crippen molar-refractivity contribution in [1.29, 1.82) is 0 Å². The Kier molecular flexibility index (Phi) is 4.09. The topological polar surface area (TPSA) is 26.3 Å². The van der Waals surface area contributed by atoms with Gasteiger partial charge >= 0.3 is 5.97 Å². The highest BCUT2D eigenvalue weighted by molar-refractivity contribution is 5.91. The van der Waals surface area contributed by atoms with Crippen LogP contribution in [0.5, 0.6) is 0 Å². The third kappa shape index (κ3) is 4.79. The lowest BCUT2D eigenvalue weighted by Gasteiger charge is -2.23. The molecule has 0 spiro atoms. The van der Waals surface area contributed by atoms with E-state index >= 15 is 0 Å². The zero-order chi connectivity index (χ0) is 11.3. The number of nitrogens with zero attached hydrogens (tertiary/aromatic N) is 1.